The maximum absolute atomic E-state index is 12.4. The standard InChI is InChI=1S/C23H25N3O2/c1-16-7-8-19(13-17(16)2)26-23(27)22-10-9-20(15-25-22)24-12-11-18-5-4-6-21(14-18)28-3/h4-10,13-15,24H,11-12H2,1-3H3,(H,26,27). The Morgan fingerprint density at radius 2 is 1.82 bits per heavy atom. The lowest BCUT2D eigenvalue weighted by atomic mass is 10.1. The summed E-state index contributed by atoms with van der Waals surface area (Å²) in [7, 11) is 1.67. The molecule has 0 saturated carbocycles. The van der Waals surface area contributed by atoms with Crippen LogP contribution in [0.5, 0.6) is 5.75 Å². The third kappa shape index (κ3) is 5.10. The number of rotatable bonds is 7. The number of nitrogens with zero attached hydrogens (tertiary/aromatic N) is 1. The number of carbonyl (C=O) groups excluding carboxylic acids is 1. The van der Waals surface area contributed by atoms with Crippen LogP contribution >= 0.6 is 0 Å². The van der Waals surface area contributed by atoms with E-state index in [-0.39, 0.29) is 5.91 Å². The summed E-state index contributed by atoms with van der Waals surface area (Å²) in [5.41, 5.74) is 5.57. The van der Waals surface area contributed by atoms with E-state index in [9.17, 15) is 4.79 Å². The average molecular weight is 375 g/mol. The first-order chi connectivity index (χ1) is 13.5. The minimum atomic E-state index is -0.216. The number of carbonyl (C=O) groups is 1. The molecule has 0 atom stereocenters. The second-order valence-electron chi connectivity index (χ2n) is 6.71. The Kier molecular flexibility index (Phi) is 6.27. The number of amides is 1. The highest BCUT2D eigenvalue weighted by atomic mass is 16.5. The zero-order valence-corrected chi connectivity index (χ0v) is 16.5. The van der Waals surface area contributed by atoms with Crippen LogP contribution < -0.4 is 15.4 Å². The molecule has 0 radical (unpaired) electrons. The number of methoxy groups -OCH3 is 1. The van der Waals surface area contributed by atoms with E-state index in [0.29, 0.717) is 5.69 Å². The van der Waals surface area contributed by atoms with Crippen molar-refractivity contribution in [3.63, 3.8) is 0 Å². The van der Waals surface area contributed by atoms with Crippen molar-refractivity contribution < 1.29 is 9.53 Å². The molecule has 1 heterocycles. The Morgan fingerprint density at radius 1 is 1.00 bits per heavy atom. The molecule has 1 aromatic heterocycles. The molecule has 28 heavy (non-hydrogen) atoms. The summed E-state index contributed by atoms with van der Waals surface area (Å²) in [6.45, 7) is 4.83. The van der Waals surface area contributed by atoms with Gasteiger partial charge in [0, 0.05) is 12.2 Å². The number of ether oxygens (including phenoxy) is 1. The molecule has 0 unspecified atom stereocenters. The van der Waals surface area contributed by atoms with Gasteiger partial charge in [-0.1, -0.05) is 18.2 Å². The third-order valence-electron chi connectivity index (χ3n) is 4.64. The molecule has 144 valence electrons. The first kappa shape index (κ1) is 19.4. The fourth-order valence-corrected chi connectivity index (χ4v) is 2.83. The molecule has 5 nitrogen and oxygen atoms in total. The van der Waals surface area contributed by atoms with E-state index in [1.807, 2.05) is 56.3 Å². The van der Waals surface area contributed by atoms with Crippen LogP contribution in [0.15, 0.2) is 60.8 Å². The number of aryl methyl sites for hydroxylation is 2. The zero-order valence-electron chi connectivity index (χ0n) is 16.5. The molecule has 0 aliphatic heterocycles. The summed E-state index contributed by atoms with van der Waals surface area (Å²) in [6.07, 6.45) is 2.55. The van der Waals surface area contributed by atoms with Crippen molar-refractivity contribution in [1.29, 1.82) is 0 Å². The normalized spacial score (nSPS) is 10.4. The predicted molar refractivity (Wildman–Crippen MR) is 113 cm³/mol. The molecule has 0 spiro atoms. The number of hydrogen-bond donors (Lipinski definition) is 2. The summed E-state index contributed by atoms with van der Waals surface area (Å²) >= 11 is 0. The van der Waals surface area contributed by atoms with Gasteiger partial charge in [-0.15, -0.1) is 0 Å². The first-order valence-electron chi connectivity index (χ1n) is 9.26. The van der Waals surface area contributed by atoms with Crippen LogP contribution in [0.4, 0.5) is 11.4 Å². The molecule has 2 aromatic carbocycles. The maximum atomic E-state index is 12.4. The van der Waals surface area contributed by atoms with Crippen molar-refractivity contribution in [2.24, 2.45) is 0 Å². The predicted octanol–water partition coefficient (Wildman–Crippen LogP) is 4.61. The lowest BCUT2D eigenvalue weighted by Gasteiger charge is -2.09. The van der Waals surface area contributed by atoms with Crippen LogP contribution in [0.25, 0.3) is 0 Å². The summed E-state index contributed by atoms with van der Waals surface area (Å²) < 4.78 is 5.24. The van der Waals surface area contributed by atoms with Crippen LogP contribution in [0.2, 0.25) is 0 Å². The summed E-state index contributed by atoms with van der Waals surface area (Å²) in [5.74, 6) is 0.643. The Bertz CT molecular complexity index is 952. The van der Waals surface area contributed by atoms with Gasteiger partial charge >= 0.3 is 0 Å². The second-order valence-corrected chi connectivity index (χ2v) is 6.71. The molecular formula is C23H25N3O2. The van der Waals surface area contributed by atoms with Gasteiger partial charge in [0.05, 0.1) is 19.0 Å². The van der Waals surface area contributed by atoms with Crippen molar-refractivity contribution in [3.05, 3.63) is 83.2 Å². The quantitative estimate of drug-likeness (QED) is 0.633. The van der Waals surface area contributed by atoms with Gasteiger partial charge < -0.3 is 15.4 Å². The van der Waals surface area contributed by atoms with Crippen LogP contribution in [-0.4, -0.2) is 24.5 Å². The number of benzene rings is 2. The van der Waals surface area contributed by atoms with E-state index in [1.54, 1.807) is 19.4 Å². The minimum Gasteiger partial charge on any atom is -0.497 e. The summed E-state index contributed by atoms with van der Waals surface area (Å²) in [6, 6.07) is 17.5. The molecule has 0 aliphatic carbocycles. The van der Waals surface area contributed by atoms with Crippen molar-refractivity contribution in [2.75, 3.05) is 24.3 Å². The van der Waals surface area contributed by atoms with Crippen molar-refractivity contribution in [2.45, 2.75) is 20.3 Å². The van der Waals surface area contributed by atoms with Gasteiger partial charge in [0.15, 0.2) is 0 Å². The number of aromatic nitrogens is 1. The maximum Gasteiger partial charge on any atom is 0.274 e. The van der Waals surface area contributed by atoms with Gasteiger partial charge in [0.25, 0.3) is 5.91 Å². The highest BCUT2D eigenvalue weighted by Crippen LogP contribution is 2.16. The monoisotopic (exact) mass is 375 g/mol. The Balaban J connectivity index is 1.53. The molecule has 3 aromatic rings. The first-order valence-corrected chi connectivity index (χ1v) is 9.26. The van der Waals surface area contributed by atoms with Crippen molar-refractivity contribution in [1.82, 2.24) is 4.98 Å². The van der Waals surface area contributed by atoms with E-state index in [2.05, 4.69) is 21.7 Å². The molecule has 0 fully saturated rings. The van der Waals surface area contributed by atoms with Crippen LogP contribution in [0.3, 0.4) is 0 Å². The van der Waals surface area contributed by atoms with E-state index < -0.39 is 0 Å². The van der Waals surface area contributed by atoms with E-state index in [0.717, 1.165) is 35.7 Å². The molecule has 1 amide bonds. The molecule has 2 N–H and O–H groups in total. The molecule has 0 aliphatic rings. The summed E-state index contributed by atoms with van der Waals surface area (Å²) in [4.78, 5) is 16.6. The van der Waals surface area contributed by atoms with Crippen LogP contribution in [0.1, 0.15) is 27.2 Å². The van der Waals surface area contributed by atoms with Crippen LogP contribution in [-0.2, 0) is 6.42 Å². The van der Waals surface area contributed by atoms with Crippen LogP contribution in [0, 0.1) is 13.8 Å². The van der Waals surface area contributed by atoms with Gasteiger partial charge in [-0.05, 0) is 73.4 Å². The van der Waals surface area contributed by atoms with Crippen molar-refractivity contribution in [3.8, 4) is 5.75 Å². The zero-order chi connectivity index (χ0) is 19.9. The van der Waals surface area contributed by atoms with Crippen molar-refractivity contribution >= 4 is 17.3 Å². The SMILES string of the molecule is COc1cccc(CCNc2ccc(C(=O)Nc3ccc(C)c(C)c3)nc2)c1. The number of anilines is 2. The molecular weight excluding hydrogens is 350 g/mol. The van der Waals surface area contributed by atoms with Gasteiger partial charge in [-0.3, -0.25) is 4.79 Å². The third-order valence-corrected chi connectivity index (χ3v) is 4.64. The molecule has 5 heteroatoms. The second kappa shape index (κ2) is 9.04. The Labute approximate surface area is 165 Å². The van der Waals surface area contributed by atoms with Gasteiger partial charge in [0.1, 0.15) is 11.4 Å². The topological polar surface area (TPSA) is 63.2 Å². The van der Waals surface area contributed by atoms with Gasteiger partial charge in [0.2, 0.25) is 0 Å². The number of nitrogens with one attached hydrogen (secondary N) is 2. The fourth-order valence-electron chi connectivity index (χ4n) is 2.83. The lowest BCUT2D eigenvalue weighted by Crippen LogP contribution is -2.14. The molecule has 3 rings (SSSR count). The average Bonchev–Trinajstić information content (AvgIpc) is 2.71. The summed E-state index contributed by atoms with van der Waals surface area (Å²) in [5, 5.41) is 6.21. The number of pyridine rings is 1. The Hall–Kier alpha value is -3.34. The van der Waals surface area contributed by atoms with E-state index >= 15 is 0 Å². The highest BCUT2D eigenvalue weighted by Gasteiger charge is 2.08. The van der Waals surface area contributed by atoms with Gasteiger partial charge in [-0.25, -0.2) is 4.98 Å². The molecule has 0 saturated heterocycles. The number of hydrogen-bond acceptors (Lipinski definition) is 4. The fraction of sp³-hybridized carbons (Fsp3) is 0.217. The van der Waals surface area contributed by atoms with Gasteiger partial charge in [-0.2, -0.15) is 0 Å². The highest BCUT2D eigenvalue weighted by molar-refractivity contribution is 6.03. The molecule has 0 bridgehead atoms. The largest absolute Gasteiger partial charge is 0.497 e. The van der Waals surface area contributed by atoms with E-state index in [1.165, 1.54) is 11.1 Å². The van der Waals surface area contributed by atoms with E-state index in [4.69, 9.17) is 4.74 Å². The minimum absolute atomic E-state index is 0.216. The lowest BCUT2D eigenvalue weighted by molar-refractivity contribution is 0.102. The Morgan fingerprint density at radius 3 is 2.54 bits per heavy atom. The smallest absolute Gasteiger partial charge is 0.274 e.